The molecular weight excluding hydrogens is 416 g/mol. The predicted molar refractivity (Wildman–Crippen MR) is 119 cm³/mol. The van der Waals surface area contributed by atoms with Crippen LogP contribution in [0.25, 0.3) is 0 Å². The molecule has 2 atom stereocenters. The van der Waals surface area contributed by atoms with Crippen molar-refractivity contribution in [3.8, 4) is 0 Å². The van der Waals surface area contributed by atoms with E-state index in [-0.39, 0.29) is 22.8 Å². The standard InChI is InChI=1S/C22H28N4O4S/c1-13(2)21(22(28)24-20-9-6-14(3)12-23-20)25-31(29,30)18-7-8-19-17(11-18)10-15(4)26(19)16(5)27/h6-9,11-13,15,21,25H,10H2,1-5H3,(H,23,24,28)/t15-,21-/m1/s1. The third-order valence-electron chi connectivity index (χ3n) is 5.31. The summed E-state index contributed by atoms with van der Waals surface area (Å²) in [5.41, 5.74) is 2.47. The Morgan fingerprint density at radius 1 is 1.19 bits per heavy atom. The van der Waals surface area contributed by atoms with E-state index in [1.54, 1.807) is 43.1 Å². The number of aryl methyl sites for hydroxylation is 1. The van der Waals surface area contributed by atoms with E-state index in [1.807, 2.05) is 19.9 Å². The Bertz CT molecular complexity index is 1100. The Kier molecular flexibility index (Phi) is 6.47. The lowest BCUT2D eigenvalue weighted by Gasteiger charge is -2.22. The molecule has 2 heterocycles. The van der Waals surface area contributed by atoms with Gasteiger partial charge in [-0.05, 0) is 61.6 Å². The molecule has 1 aliphatic heterocycles. The molecule has 1 aromatic heterocycles. The molecule has 2 aromatic rings. The number of fused-ring (bicyclic) bond motifs is 1. The van der Waals surface area contributed by atoms with Crippen molar-refractivity contribution >= 4 is 33.3 Å². The lowest BCUT2D eigenvalue weighted by atomic mass is 10.1. The Morgan fingerprint density at radius 2 is 1.90 bits per heavy atom. The number of sulfonamides is 1. The van der Waals surface area contributed by atoms with Crippen molar-refractivity contribution in [1.29, 1.82) is 0 Å². The SMILES string of the molecule is CC(=O)N1c2ccc(S(=O)(=O)N[C@@H](C(=O)Nc3ccc(C)cn3)C(C)C)cc2C[C@H]1C. The third kappa shape index (κ3) is 4.94. The fourth-order valence-corrected chi connectivity index (χ4v) is 5.12. The molecule has 8 nitrogen and oxygen atoms in total. The summed E-state index contributed by atoms with van der Waals surface area (Å²) in [6.45, 7) is 8.84. The average Bonchev–Trinajstić information content (AvgIpc) is 3.02. The number of aromatic nitrogens is 1. The van der Waals surface area contributed by atoms with Crippen molar-refractivity contribution in [2.45, 2.75) is 58.0 Å². The quantitative estimate of drug-likeness (QED) is 0.712. The topological polar surface area (TPSA) is 108 Å². The van der Waals surface area contributed by atoms with Crippen LogP contribution in [0.3, 0.4) is 0 Å². The minimum Gasteiger partial charge on any atom is -0.309 e. The largest absolute Gasteiger partial charge is 0.309 e. The van der Waals surface area contributed by atoms with Crippen molar-refractivity contribution in [3.63, 3.8) is 0 Å². The molecule has 2 amide bonds. The molecule has 2 N–H and O–H groups in total. The molecular formula is C22H28N4O4S. The van der Waals surface area contributed by atoms with Crippen LogP contribution in [0.15, 0.2) is 41.4 Å². The Labute approximate surface area is 183 Å². The highest BCUT2D eigenvalue weighted by atomic mass is 32.2. The molecule has 0 radical (unpaired) electrons. The molecule has 9 heteroatoms. The molecule has 3 rings (SSSR count). The zero-order valence-corrected chi connectivity index (χ0v) is 19.2. The molecule has 0 saturated carbocycles. The van der Waals surface area contributed by atoms with Gasteiger partial charge in [0.05, 0.1) is 4.90 Å². The molecule has 1 aromatic carbocycles. The lowest BCUT2D eigenvalue weighted by molar-refractivity contribution is -0.119. The van der Waals surface area contributed by atoms with Crippen LogP contribution in [0, 0.1) is 12.8 Å². The zero-order chi connectivity index (χ0) is 22.9. The van der Waals surface area contributed by atoms with Gasteiger partial charge < -0.3 is 10.2 Å². The number of carbonyl (C=O) groups is 2. The molecule has 0 aliphatic carbocycles. The van der Waals surface area contributed by atoms with E-state index in [4.69, 9.17) is 0 Å². The summed E-state index contributed by atoms with van der Waals surface area (Å²) in [5, 5.41) is 2.67. The first kappa shape index (κ1) is 22.9. The van der Waals surface area contributed by atoms with Crippen LogP contribution >= 0.6 is 0 Å². The zero-order valence-electron chi connectivity index (χ0n) is 18.3. The number of hydrogen-bond donors (Lipinski definition) is 2. The molecule has 0 fully saturated rings. The second-order valence-electron chi connectivity index (χ2n) is 8.29. The first-order valence-corrected chi connectivity index (χ1v) is 11.7. The molecule has 0 spiro atoms. The summed E-state index contributed by atoms with van der Waals surface area (Å²) in [7, 11) is -3.96. The number of nitrogens with one attached hydrogen (secondary N) is 2. The van der Waals surface area contributed by atoms with E-state index in [2.05, 4.69) is 15.0 Å². The first-order valence-electron chi connectivity index (χ1n) is 10.2. The highest BCUT2D eigenvalue weighted by molar-refractivity contribution is 7.89. The van der Waals surface area contributed by atoms with Crippen LogP contribution in [0.5, 0.6) is 0 Å². The molecule has 0 bridgehead atoms. The summed E-state index contributed by atoms with van der Waals surface area (Å²) < 4.78 is 28.6. The maximum absolute atomic E-state index is 13.1. The van der Waals surface area contributed by atoms with E-state index in [0.29, 0.717) is 12.2 Å². The second-order valence-corrected chi connectivity index (χ2v) is 10.00. The van der Waals surface area contributed by atoms with Gasteiger partial charge in [-0.2, -0.15) is 4.72 Å². The maximum atomic E-state index is 13.1. The van der Waals surface area contributed by atoms with Crippen LogP contribution in [0.4, 0.5) is 11.5 Å². The lowest BCUT2D eigenvalue weighted by Crippen LogP contribution is -2.47. The number of anilines is 2. The Morgan fingerprint density at radius 3 is 2.48 bits per heavy atom. The smallest absolute Gasteiger partial charge is 0.243 e. The summed E-state index contributed by atoms with van der Waals surface area (Å²) in [6.07, 6.45) is 2.20. The monoisotopic (exact) mass is 444 g/mol. The van der Waals surface area contributed by atoms with Crippen molar-refractivity contribution < 1.29 is 18.0 Å². The van der Waals surface area contributed by atoms with Gasteiger partial charge in [0, 0.05) is 24.8 Å². The number of amides is 2. The molecule has 31 heavy (non-hydrogen) atoms. The predicted octanol–water partition coefficient (Wildman–Crippen LogP) is 2.63. The van der Waals surface area contributed by atoms with Gasteiger partial charge in [0.25, 0.3) is 0 Å². The maximum Gasteiger partial charge on any atom is 0.243 e. The van der Waals surface area contributed by atoms with Crippen LogP contribution in [0.2, 0.25) is 0 Å². The van der Waals surface area contributed by atoms with Gasteiger partial charge >= 0.3 is 0 Å². The Balaban J connectivity index is 1.82. The van der Waals surface area contributed by atoms with Gasteiger partial charge in [0.15, 0.2) is 0 Å². The van der Waals surface area contributed by atoms with Crippen LogP contribution in [-0.2, 0) is 26.0 Å². The van der Waals surface area contributed by atoms with E-state index in [0.717, 1.165) is 16.8 Å². The second kappa shape index (κ2) is 8.76. The van der Waals surface area contributed by atoms with Gasteiger partial charge in [0.1, 0.15) is 11.9 Å². The highest BCUT2D eigenvalue weighted by Crippen LogP contribution is 2.34. The van der Waals surface area contributed by atoms with Crippen molar-refractivity contribution in [2.24, 2.45) is 5.92 Å². The number of hydrogen-bond acceptors (Lipinski definition) is 5. The number of rotatable bonds is 6. The summed E-state index contributed by atoms with van der Waals surface area (Å²) >= 11 is 0. The van der Waals surface area contributed by atoms with Gasteiger partial charge in [-0.1, -0.05) is 19.9 Å². The van der Waals surface area contributed by atoms with Crippen molar-refractivity contribution in [1.82, 2.24) is 9.71 Å². The van der Waals surface area contributed by atoms with Crippen LogP contribution < -0.4 is 14.9 Å². The van der Waals surface area contributed by atoms with E-state index >= 15 is 0 Å². The van der Waals surface area contributed by atoms with Gasteiger partial charge in [-0.3, -0.25) is 9.59 Å². The third-order valence-corrected chi connectivity index (χ3v) is 6.75. The molecule has 166 valence electrons. The van der Waals surface area contributed by atoms with E-state index in [1.165, 1.54) is 13.0 Å². The molecule has 0 unspecified atom stereocenters. The fraction of sp³-hybridized carbons (Fsp3) is 0.409. The number of benzene rings is 1. The number of carbonyl (C=O) groups excluding carboxylic acids is 2. The fourth-order valence-electron chi connectivity index (χ4n) is 3.73. The Hall–Kier alpha value is -2.78. The van der Waals surface area contributed by atoms with Gasteiger partial charge in [-0.15, -0.1) is 0 Å². The molecule has 0 saturated heterocycles. The minimum atomic E-state index is -3.96. The van der Waals surface area contributed by atoms with Crippen LogP contribution in [-0.4, -0.2) is 37.3 Å². The summed E-state index contributed by atoms with van der Waals surface area (Å²) in [5.74, 6) is -0.493. The average molecular weight is 445 g/mol. The van der Waals surface area contributed by atoms with Crippen LogP contribution in [0.1, 0.15) is 38.8 Å². The van der Waals surface area contributed by atoms with E-state index in [9.17, 15) is 18.0 Å². The van der Waals surface area contributed by atoms with Crippen molar-refractivity contribution in [3.05, 3.63) is 47.7 Å². The number of pyridine rings is 1. The summed E-state index contributed by atoms with van der Waals surface area (Å²) in [4.78, 5) is 30.6. The van der Waals surface area contributed by atoms with Crippen molar-refractivity contribution in [2.75, 3.05) is 10.2 Å². The number of nitrogens with zero attached hydrogens (tertiary/aromatic N) is 2. The normalized spacial score (nSPS) is 16.8. The summed E-state index contributed by atoms with van der Waals surface area (Å²) in [6, 6.07) is 7.16. The van der Waals surface area contributed by atoms with Gasteiger partial charge in [0.2, 0.25) is 21.8 Å². The molecule has 1 aliphatic rings. The first-order chi connectivity index (χ1) is 14.5. The van der Waals surface area contributed by atoms with Gasteiger partial charge in [-0.25, -0.2) is 13.4 Å². The highest BCUT2D eigenvalue weighted by Gasteiger charge is 2.32. The minimum absolute atomic E-state index is 0.0328. The van der Waals surface area contributed by atoms with E-state index < -0.39 is 22.0 Å².